The number of fused-ring (bicyclic) bond motifs is 1. The SMILES string of the molecule is O=C1NC[C@@]2(CCCN(C(=O)NCCc3nc4ccccc4c(=O)[nH]3)CC2)O1. The van der Waals surface area contributed by atoms with Gasteiger partial charge in [0, 0.05) is 32.5 Å². The van der Waals surface area contributed by atoms with Crippen molar-refractivity contribution in [2.45, 2.75) is 31.3 Å². The van der Waals surface area contributed by atoms with Crippen LogP contribution < -0.4 is 16.2 Å². The summed E-state index contributed by atoms with van der Waals surface area (Å²) in [6.45, 7) is 2.03. The van der Waals surface area contributed by atoms with E-state index in [1.807, 2.05) is 6.07 Å². The minimum Gasteiger partial charge on any atom is -0.441 e. The maximum Gasteiger partial charge on any atom is 0.407 e. The van der Waals surface area contributed by atoms with Gasteiger partial charge < -0.3 is 25.3 Å². The lowest BCUT2D eigenvalue weighted by Crippen LogP contribution is -2.42. The van der Waals surface area contributed by atoms with Crippen LogP contribution in [0.4, 0.5) is 9.59 Å². The van der Waals surface area contributed by atoms with Crippen LogP contribution in [0.25, 0.3) is 10.9 Å². The number of rotatable bonds is 3. The molecular formula is C19H23N5O4. The van der Waals surface area contributed by atoms with Gasteiger partial charge in [-0.3, -0.25) is 4.79 Å². The highest BCUT2D eigenvalue weighted by Gasteiger charge is 2.41. The van der Waals surface area contributed by atoms with Gasteiger partial charge in [-0.25, -0.2) is 14.6 Å². The van der Waals surface area contributed by atoms with Gasteiger partial charge in [0.25, 0.3) is 5.56 Å². The molecule has 28 heavy (non-hydrogen) atoms. The zero-order valence-corrected chi connectivity index (χ0v) is 15.5. The fraction of sp³-hybridized carbons (Fsp3) is 0.474. The first kappa shape index (κ1) is 18.3. The van der Waals surface area contributed by atoms with Crippen LogP contribution in [-0.4, -0.2) is 58.8 Å². The molecule has 4 rings (SSSR count). The number of carbonyl (C=O) groups is 2. The molecule has 9 nitrogen and oxygen atoms in total. The molecule has 3 N–H and O–H groups in total. The van der Waals surface area contributed by atoms with Crippen molar-refractivity contribution in [1.29, 1.82) is 0 Å². The zero-order valence-electron chi connectivity index (χ0n) is 15.5. The molecule has 1 aromatic carbocycles. The van der Waals surface area contributed by atoms with Gasteiger partial charge >= 0.3 is 12.1 Å². The van der Waals surface area contributed by atoms with Gasteiger partial charge in [-0.05, 0) is 25.0 Å². The predicted molar refractivity (Wildman–Crippen MR) is 102 cm³/mol. The number of hydrogen-bond acceptors (Lipinski definition) is 5. The van der Waals surface area contributed by atoms with Crippen LogP contribution in [0, 0.1) is 0 Å². The number of amides is 3. The Bertz CT molecular complexity index is 959. The lowest BCUT2D eigenvalue weighted by molar-refractivity contribution is 0.0453. The van der Waals surface area contributed by atoms with Crippen molar-refractivity contribution in [3.8, 4) is 0 Å². The van der Waals surface area contributed by atoms with E-state index in [9.17, 15) is 14.4 Å². The molecule has 0 aliphatic carbocycles. The van der Waals surface area contributed by atoms with Crippen LogP contribution in [0.5, 0.6) is 0 Å². The van der Waals surface area contributed by atoms with Crippen molar-refractivity contribution in [3.63, 3.8) is 0 Å². The number of likely N-dealkylation sites (tertiary alicyclic amines) is 1. The monoisotopic (exact) mass is 385 g/mol. The number of nitrogens with one attached hydrogen (secondary N) is 3. The smallest absolute Gasteiger partial charge is 0.407 e. The minimum absolute atomic E-state index is 0.155. The van der Waals surface area contributed by atoms with E-state index < -0.39 is 5.60 Å². The van der Waals surface area contributed by atoms with Gasteiger partial charge in [-0.15, -0.1) is 0 Å². The van der Waals surface area contributed by atoms with E-state index in [1.54, 1.807) is 23.1 Å². The van der Waals surface area contributed by atoms with Crippen molar-refractivity contribution in [3.05, 3.63) is 40.4 Å². The second-order valence-electron chi connectivity index (χ2n) is 7.28. The number of ether oxygens (including phenoxy) is 1. The number of benzene rings is 1. The Morgan fingerprint density at radius 3 is 2.93 bits per heavy atom. The maximum atomic E-state index is 12.5. The summed E-state index contributed by atoms with van der Waals surface area (Å²) in [5, 5.41) is 6.14. The Hall–Kier alpha value is -3.10. The fourth-order valence-electron chi connectivity index (χ4n) is 3.80. The first-order chi connectivity index (χ1) is 13.5. The molecule has 0 saturated carbocycles. The lowest BCUT2D eigenvalue weighted by atomic mass is 9.95. The fourth-order valence-corrected chi connectivity index (χ4v) is 3.80. The summed E-state index contributed by atoms with van der Waals surface area (Å²) in [4.78, 5) is 44.9. The number of aromatic amines is 1. The molecule has 1 atom stereocenters. The molecule has 3 amide bonds. The molecule has 1 aromatic heterocycles. The maximum absolute atomic E-state index is 12.5. The van der Waals surface area contributed by atoms with Gasteiger partial charge in [0.05, 0.1) is 17.4 Å². The number of hydrogen-bond donors (Lipinski definition) is 3. The summed E-state index contributed by atoms with van der Waals surface area (Å²) in [7, 11) is 0. The van der Waals surface area contributed by atoms with Gasteiger partial charge in [0.1, 0.15) is 11.4 Å². The highest BCUT2D eigenvalue weighted by molar-refractivity contribution is 5.77. The molecule has 1 spiro atoms. The quantitative estimate of drug-likeness (QED) is 0.733. The van der Waals surface area contributed by atoms with Crippen molar-refractivity contribution < 1.29 is 14.3 Å². The molecule has 3 heterocycles. The average Bonchev–Trinajstić information content (AvgIpc) is 2.92. The third-order valence-electron chi connectivity index (χ3n) is 5.35. The first-order valence-corrected chi connectivity index (χ1v) is 9.52. The average molecular weight is 385 g/mol. The van der Waals surface area contributed by atoms with E-state index in [1.165, 1.54) is 0 Å². The van der Waals surface area contributed by atoms with Crippen molar-refractivity contribution >= 4 is 23.0 Å². The summed E-state index contributed by atoms with van der Waals surface area (Å²) >= 11 is 0. The van der Waals surface area contributed by atoms with Crippen molar-refractivity contribution in [2.24, 2.45) is 0 Å². The molecule has 148 valence electrons. The van der Waals surface area contributed by atoms with Gasteiger partial charge in [0.15, 0.2) is 0 Å². The van der Waals surface area contributed by atoms with Crippen LogP contribution in [0.1, 0.15) is 25.1 Å². The Morgan fingerprint density at radius 1 is 1.25 bits per heavy atom. The molecule has 0 bridgehead atoms. The van der Waals surface area contributed by atoms with E-state index in [0.29, 0.717) is 55.7 Å². The second kappa shape index (κ2) is 7.49. The highest BCUT2D eigenvalue weighted by Crippen LogP contribution is 2.29. The van der Waals surface area contributed by atoms with Crippen molar-refractivity contribution in [1.82, 2.24) is 25.5 Å². The van der Waals surface area contributed by atoms with Crippen LogP contribution >= 0.6 is 0 Å². The summed E-state index contributed by atoms with van der Waals surface area (Å²) in [5.74, 6) is 0.544. The van der Waals surface area contributed by atoms with E-state index in [-0.39, 0.29) is 17.7 Å². The molecule has 2 aliphatic heterocycles. The molecule has 0 radical (unpaired) electrons. The summed E-state index contributed by atoms with van der Waals surface area (Å²) in [5.41, 5.74) is -0.0183. The number of para-hydroxylation sites is 1. The minimum atomic E-state index is -0.486. The molecule has 0 unspecified atom stereocenters. The molecule has 2 aromatic rings. The van der Waals surface area contributed by atoms with Crippen molar-refractivity contribution in [2.75, 3.05) is 26.2 Å². The summed E-state index contributed by atoms with van der Waals surface area (Å²) in [6, 6.07) is 7.01. The van der Waals surface area contributed by atoms with Crippen LogP contribution in [0.15, 0.2) is 29.1 Å². The Kier molecular flexibility index (Phi) is 4.89. The number of nitrogens with zero attached hydrogens (tertiary/aromatic N) is 2. The van der Waals surface area contributed by atoms with Gasteiger partial charge in [-0.2, -0.15) is 0 Å². The van der Waals surface area contributed by atoms with Crippen LogP contribution in [0.3, 0.4) is 0 Å². The number of H-pyrrole nitrogens is 1. The zero-order chi connectivity index (χ0) is 19.6. The predicted octanol–water partition coefficient (Wildman–Crippen LogP) is 1.14. The van der Waals surface area contributed by atoms with E-state index >= 15 is 0 Å². The topological polar surface area (TPSA) is 116 Å². The molecule has 2 aliphatic rings. The number of carbonyl (C=O) groups excluding carboxylic acids is 2. The normalized spacial score (nSPS) is 22.0. The summed E-state index contributed by atoms with van der Waals surface area (Å²) < 4.78 is 5.43. The van der Waals surface area contributed by atoms with Gasteiger partial charge in [0.2, 0.25) is 0 Å². The number of aromatic nitrogens is 2. The number of alkyl carbamates (subject to hydrolysis) is 1. The molecule has 2 saturated heterocycles. The summed E-state index contributed by atoms with van der Waals surface area (Å²) in [6.07, 6.45) is 2.21. The largest absolute Gasteiger partial charge is 0.441 e. The molecule has 2 fully saturated rings. The standard InChI is InChI=1S/C19H23N5O4/c25-16-13-4-1-2-5-14(13)22-15(23-16)6-9-20-17(26)24-10-3-7-19(8-11-24)12-21-18(27)28-19/h1-2,4-5H,3,6-12H2,(H,20,26)(H,21,27)(H,22,23,25)/t19-/m0/s1. The van der Waals surface area contributed by atoms with E-state index in [0.717, 1.165) is 12.8 Å². The lowest BCUT2D eigenvalue weighted by Gasteiger charge is -2.25. The van der Waals surface area contributed by atoms with E-state index in [2.05, 4.69) is 20.6 Å². The van der Waals surface area contributed by atoms with Crippen LogP contribution in [-0.2, 0) is 11.2 Å². The Morgan fingerprint density at radius 2 is 2.11 bits per heavy atom. The molecular weight excluding hydrogens is 362 g/mol. The third-order valence-corrected chi connectivity index (χ3v) is 5.35. The number of urea groups is 1. The second-order valence-corrected chi connectivity index (χ2v) is 7.28. The molecule has 9 heteroatoms. The third kappa shape index (κ3) is 3.78. The highest BCUT2D eigenvalue weighted by atomic mass is 16.6. The van der Waals surface area contributed by atoms with Gasteiger partial charge in [-0.1, -0.05) is 12.1 Å². The van der Waals surface area contributed by atoms with Crippen LogP contribution in [0.2, 0.25) is 0 Å². The Labute approximate surface area is 161 Å². The Balaban J connectivity index is 1.31. The first-order valence-electron chi connectivity index (χ1n) is 9.52. The van der Waals surface area contributed by atoms with E-state index in [4.69, 9.17) is 4.74 Å².